The lowest BCUT2D eigenvalue weighted by molar-refractivity contribution is 0.0929. The highest BCUT2D eigenvalue weighted by Crippen LogP contribution is 2.24. The summed E-state index contributed by atoms with van der Waals surface area (Å²) in [6.45, 7) is 1.41. The van der Waals surface area contributed by atoms with Gasteiger partial charge < -0.3 is 10.2 Å². The minimum atomic E-state index is -0.524. The first-order valence-corrected chi connectivity index (χ1v) is 9.22. The van der Waals surface area contributed by atoms with Crippen molar-refractivity contribution in [2.24, 2.45) is 0 Å². The van der Waals surface area contributed by atoms with Crippen LogP contribution in [0.2, 0.25) is 0 Å². The van der Waals surface area contributed by atoms with Crippen LogP contribution >= 0.6 is 0 Å². The summed E-state index contributed by atoms with van der Waals surface area (Å²) in [6, 6.07) is 14.0. The SMILES string of the molecule is O=C(NC1CCCN(c2cc(-c3ccc(F)cc3)[nH]n2)C1)c1ccccc1F. The maximum Gasteiger partial charge on any atom is 0.254 e. The van der Waals surface area contributed by atoms with E-state index < -0.39 is 11.7 Å². The first-order valence-electron chi connectivity index (χ1n) is 9.22. The van der Waals surface area contributed by atoms with Gasteiger partial charge in [-0.2, -0.15) is 5.10 Å². The van der Waals surface area contributed by atoms with Crippen molar-refractivity contribution in [2.75, 3.05) is 18.0 Å². The number of aromatic amines is 1. The number of H-pyrrole nitrogens is 1. The van der Waals surface area contributed by atoms with E-state index in [1.807, 2.05) is 6.07 Å². The minimum absolute atomic E-state index is 0.0537. The molecule has 2 N–H and O–H groups in total. The number of rotatable bonds is 4. The summed E-state index contributed by atoms with van der Waals surface area (Å²) in [5.74, 6) is -0.444. The van der Waals surface area contributed by atoms with Crippen LogP contribution in [-0.2, 0) is 0 Å². The predicted octanol–water partition coefficient (Wildman–Crippen LogP) is 3.75. The molecule has 1 atom stereocenters. The molecule has 4 rings (SSSR count). The number of hydrogen-bond donors (Lipinski definition) is 2. The lowest BCUT2D eigenvalue weighted by Gasteiger charge is -2.33. The van der Waals surface area contributed by atoms with Gasteiger partial charge >= 0.3 is 0 Å². The Morgan fingerprint density at radius 2 is 1.93 bits per heavy atom. The van der Waals surface area contributed by atoms with Gasteiger partial charge in [-0.1, -0.05) is 12.1 Å². The highest BCUT2D eigenvalue weighted by atomic mass is 19.1. The zero-order valence-electron chi connectivity index (χ0n) is 15.2. The van der Waals surface area contributed by atoms with Crippen LogP contribution in [0.1, 0.15) is 23.2 Å². The third-order valence-electron chi connectivity index (χ3n) is 4.92. The normalized spacial score (nSPS) is 16.8. The third-order valence-corrected chi connectivity index (χ3v) is 4.92. The van der Waals surface area contributed by atoms with Gasteiger partial charge in [0.15, 0.2) is 5.82 Å². The largest absolute Gasteiger partial charge is 0.353 e. The smallest absolute Gasteiger partial charge is 0.254 e. The van der Waals surface area contributed by atoms with Crippen molar-refractivity contribution in [1.82, 2.24) is 15.5 Å². The molecule has 0 radical (unpaired) electrons. The first-order chi connectivity index (χ1) is 13.6. The lowest BCUT2D eigenvalue weighted by Crippen LogP contribution is -2.48. The highest BCUT2D eigenvalue weighted by Gasteiger charge is 2.24. The maximum absolute atomic E-state index is 13.8. The molecule has 1 fully saturated rings. The van der Waals surface area contributed by atoms with Crippen molar-refractivity contribution >= 4 is 11.7 Å². The molecular formula is C21H20F2N4O. The number of benzene rings is 2. The molecule has 1 unspecified atom stereocenters. The van der Waals surface area contributed by atoms with Crippen LogP contribution in [0.15, 0.2) is 54.6 Å². The van der Waals surface area contributed by atoms with Crippen molar-refractivity contribution in [3.63, 3.8) is 0 Å². The Kier molecular flexibility index (Phi) is 5.06. The number of nitrogens with one attached hydrogen (secondary N) is 2. The monoisotopic (exact) mass is 382 g/mol. The number of aromatic nitrogens is 2. The van der Waals surface area contributed by atoms with Crippen molar-refractivity contribution in [3.8, 4) is 11.3 Å². The fourth-order valence-corrected chi connectivity index (χ4v) is 3.46. The third kappa shape index (κ3) is 3.88. The van der Waals surface area contributed by atoms with Gasteiger partial charge in [-0.15, -0.1) is 0 Å². The number of halogens is 2. The molecule has 0 aliphatic carbocycles. The Balaban J connectivity index is 1.43. The lowest BCUT2D eigenvalue weighted by atomic mass is 10.0. The molecule has 1 saturated heterocycles. The second-order valence-electron chi connectivity index (χ2n) is 6.89. The number of piperidine rings is 1. The average molecular weight is 382 g/mol. The fourth-order valence-electron chi connectivity index (χ4n) is 3.46. The Labute approximate surface area is 161 Å². The molecule has 3 aromatic rings. The number of nitrogens with zero attached hydrogens (tertiary/aromatic N) is 2. The molecule has 5 nitrogen and oxygen atoms in total. The molecule has 1 amide bonds. The first kappa shape index (κ1) is 18.2. The van der Waals surface area contributed by atoms with E-state index in [0.717, 1.165) is 36.5 Å². The second-order valence-corrected chi connectivity index (χ2v) is 6.89. The second kappa shape index (κ2) is 7.80. The minimum Gasteiger partial charge on any atom is -0.353 e. The van der Waals surface area contributed by atoms with Crippen LogP contribution in [-0.4, -0.2) is 35.2 Å². The molecule has 1 aliphatic heterocycles. The van der Waals surface area contributed by atoms with Crippen molar-refractivity contribution in [3.05, 3.63) is 71.8 Å². The van der Waals surface area contributed by atoms with E-state index in [2.05, 4.69) is 20.4 Å². The number of anilines is 1. The summed E-state index contributed by atoms with van der Waals surface area (Å²) in [6.07, 6.45) is 1.72. The number of carbonyl (C=O) groups excluding carboxylic acids is 1. The number of carbonyl (C=O) groups is 1. The van der Waals surface area contributed by atoms with Crippen LogP contribution in [0.25, 0.3) is 11.3 Å². The van der Waals surface area contributed by atoms with Crippen LogP contribution in [0.5, 0.6) is 0 Å². The molecule has 1 aliphatic rings. The Hall–Kier alpha value is -3.22. The van der Waals surface area contributed by atoms with Crippen LogP contribution in [0, 0.1) is 11.6 Å². The molecule has 1 aromatic heterocycles. The maximum atomic E-state index is 13.8. The molecular weight excluding hydrogens is 362 g/mol. The Morgan fingerprint density at radius 3 is 2.71 bits per heavy atom. The Morgan fingerprint density at radius 1 is 1.14 bits per heavy atom. The van der Waals surface area contributed by atoms with Gasteiger partial charge in [0.2, 0.25) is 0 Å². The van der Waals surface area contributed by atoms with Crippen molar-refractivity contribution in [2.45, 2.75) is 18.9 Å². The summed E-state index contributed by atoms with van der Waals surface area (Å²) in [5.41, 5.74) is 1.70. The summed E-state index contributed by atoms with van der Waals surface area (Å²) in [7, 11) is 0. The zero-order chi connectivity index (χ0) is 19.5. The predicted molar refractivity (Wildman–Crippen MR) is 103 cm³/mol. The van der Waals surface area contributed by atoms with Gasteiger partial charge in [0, 0.05) is 25.2 Å². The van der Waals surface area contributed by atoms with Crippen LogP contribution < -0.4 is 10.2 Å². The molecule has 0 spiro atoms. The molecule has 7 heteroatoms. The summed E-state index contributed by atoms with van der Waals surface area (Å²) in [5, 5.41) is 10.3. The van der Waals surface area contributed by atoms with Gasteiger partial charge in [-0.3, -0.25) is 9.89 Å². The molecule has 2 heterocycles. The van der Waals surface area contributed by atoms with E-state index in [-0.39, 0.29) is 17.4 Å². The van der Waals surface area contributed by atoms with E-state index in [9.17, 15) is 13.6 Å². The average Bonchev–Trinajstić information content (AvgIpc) is 3.19. The van der Waals surface area contributed by atoms with E-state index in [4.69, 9.17) is 0 Å². The summed E-state index contributed by atoms with van der Waals surface area (Å²) < 4.78 is 26.9. The van der Waals surface area contributed by atoms with E-state index >= 15 is 0 Å². The molecule has 28 heavy (non-hydrogen) atoms. The summed E-state index contributed by atoms with van der Waals surface area (Å²) in [4.78, 5) is 14.5. The highest BCUT2D eigenvalue weighted by molar-refractivity contribution is 5.94. The molecule has 2 aromatic carbocycles. The standard InChI is InChI=1S/C21H20F2N4O/c22-15-9-7-14(8-10-15)19-12-20(26-25-19)27-11-3-4-16(13-27)24-21(28)17-5-1-2-6-18(17)23/h1-2,5-10,12,16H,3-4,11,13H2,(H,24,28)(H,25,26). The van der Waals surface area contributed by atoms with E-state index in [1.54, 1.807) is 24.3 Å². The fraction of sp³-hybridized carbons (Fsp3) is 0.238. The summed E-state index contributed by atoms with van der Waals surface area (Å²) >= 11 is 0. The van der Waals surface area contributed by atoms with Crippen LogP contribution in [0.4, 0.5) is 14.6 Å². The van der Waals surface area contributed by atoms with Crippen LogP contribution in [0.3, 0.4) is 0 Å². The zero-order valence-corrected chi connectivity index (χ0v) is 15.2. The van der Waals surface area contributed by atoms with E-state index in [1.165, 1.54) is 24.3 Å². The topological polar surface area (TPSA) is 61.0 Å². The van der Waals surface area contributed by atoms with E-state index in [0.29, 0.717) is 6.54 Å². The van der Waals surface area contributed by atoms with Gasteiger partial charge in [0.1, 0.15) is 11.6 Å². The molecule has 0 saturated carbocycles. The van der Waals surface area contributed by atoms with Gasteiger partial charge in [-0.05, 0) is 54.8 Å². The molecule has 0 bridgehead atoms. The number of amides is 1. The van der Waals surface area contributed by atoms with Gasteiger partial charge in [0.05, 0.1) is 11.3 Å². The Bertz CT molecular complexity index is 971. The number of hydrogen-bond acceptors (Lipinski definition) is 3. The van der Waals surface area contributed by atoms with Gasteiger partial charge in [0.25, 0.3) is 5.91 Å². The molecule has 144 valence electrons. The quantitative estimate of drug-likeness (QED) is 0.722. The van der Waals surface area contributed by atoms with Crippen molar-refractivity contribution < 1.29 is 13.6 Å². The van der Waals surface area contributed by atoms with Crippen molar-refractivity contribution in [1.29, 1.82) is 0 Å². The van der Waals surface area contributed by atoms with Gasteiger partial charge in [-0.25, -0.2) is 8.78 Å².